The summed E-state index contributed by atoms with van der Waals surface area (Å²) in [5, 5.41) is 25.2. The summed E-state index contributed by atoms with van der Waals surface area (Å²) in [5.41, 5.74) is 0.776. The van der Waals surface area contributed by atoms with Gasteiger partial charge >= 0.3 is 12.0 Å². The number of aliphatic hydroxyl groups is 1. The zero-order chi connectivity index (χ0) is 13.5. The fourth-order valence-electron chi connectivity index (χ4n) is 1.17. The number of carbonyl (C=O) groups is 2. The fourth-order valence-corrected chi connectivity index (χ4v) is 1.78. The van der Waals surface area contributed by atoms with Gasteiger partial charge in [0.2, 0.25) is 0 Å². The van der Waals surface area contributed by atoms with Crippen LogP contribution in [0.1, 0.15) is 17.1 Å². The van der Waals surface area contributed by atoms with Crippen LogP contribution in [0, 0.1) is 6.92 Å². The molecule has 4 N–H and O–H groups in total. The van der Waals surface area contributed by atoms with Crippen LogP contribution >= 0.6 is 11.3 Å². The maximum absolute atomic E-state index is 11.3. The van der Waals surface area contributed by atoms with E-state index in [1.54, 1.807) is 0 Å². The summed E-state index contributed by atoms with van der Waals surface area (Å²) in [7, 11) is 0. The number of hydrogen-bond donors (Lipinski definition) is 4. The number of rotatable bonds is 6. The Morgan fingerprint density at radius 1 is 1.50 bits per heavy atom. The average Bonchev–Trinajstić information content (AvgIpc) is 2.72. The molecule has 1 rings (SSSR count). The molecule has 8 heteroatoms. The number of aliphatic hydroxyl groups excluding tert-OH is 1. The van der Waals surface area contributed by atoms with Crippen molar-refractivity contribution in [3.63, 3.8) is 0 Å². The first-order valence-corrected chi connectivity index (χ1v) is 6.20. The van der Waals surface area contributed by atoms with Crippen LogP contribution in [-0.2, 0) is 11.3 Å². The number of carbonyl (C=O) groups excluding carboxylic acids is 1. The monoisotopic (exact) mass is 273 g/mol. The van der Waals surface area contributed by atoms with E-state index in [1.807, 2.05) is 12.3 Å². The summed E-state index contributed by atoms with van der Waals surface area (Å²) in [6.07, 6.45) is -1.48. The smallest absolute Gasteiger partial charge is 0.332 e. The Labute approximate surface area is 108 Å². The molecule has 0 aromatic carbocycles. The second kappa shape index (κ2) is 6.92. The maximum Gasteiger partial charge on any atom is 0.332 e. The molecule has 0 aliphatic heterocycles. The molecule has 0 aliphatic carbocycles. The molecule has 0 saturated heterocycles. The SMILES string of the molecule is Cc1nc(CNC(=O)NCCC(O)C(=O)O)cs1. The molecule has 0 bridgehead atoms. The molecule has 0 radical (unpaired) electrons. The normalized spacial score (nSPS) is 11.9. The van der Waals surface area contributed by atoms with E-state index in [9.17, 15) is 9.59 Å². The number of amides is 2. The van der Waals surface area contributed by atoms with E-state index in [4.69, 9.17) is 10.2 Å². The Morgan fingerprint density at radius 2 is 2.22 bits per heavy atom. The molecule has 0 saturated carbocycles. The Bertz CT molecular complexity index is 421. The third-order valence-corrected chi connectivity index (χ3v) is 2.91. The van der Waals surface area contributed by atoms with Crippen LogP contribution in [0.15, 0.2) is 5.38 Å². The highest BCUT2D eigenvalue weighted by Crippen LogP contribution is 2.06. The molecule has 1 heterocycles. The van der Waals surface area contributed by atoms with E-state index in [1.165, 1.54) is 11.3 Å². The van der Waals surface area contributed by atoms with Gasteiger partial charge in [0.15, 0.2) is 6.10 Å². The van der Waals surface area contributed by atoms with Crippen LogP contribution in [-0.4, -0.2) is 39.8 Å². The number of aryl methyl sites for hydroxylation is 1. The first-order valence-electron chi connectivity index (χ1n) is 5.32. The Morgan fingerprint density at radius 3 is 2.78 bits per heavy atom. The van der Waals surface area contributed by atoms with Gasteiger partial charge in [-0.2, -0.15) is 0 Å². The van der Waals surface area contributed by atoms with Gasteiger partial charge in [-0.15, -0.1) is 11.3 Å². The summed E-state index contributed by atoms with van der Waals surface area (Å²) < 4.78 is 0. The van der Waals surface area contributed by atoms with Crippen LogP contribution < -0.4 is 10.6 Å². The minimum atomic E-state index is -1.45. The lowest BCUT2D eigenvalue weighted by Gasteiger charge is -2.08. The third-order valence-electron chi connectivity index (χ3n) is 2.09. The molecule has 18 heavy (non-hydrogen) atoms. The summed E-state index contributed by atoms with van der Waals surface area (Å²) >= 11 is 1.50. The summed E-state index contributed by atoms with van der Waals surface area (Å²) in [6.45, 7) is 2.29. The van der Waals surface area contributed by atoms with Crippen LogP contribution in [0.3, 0.4) is 0 Å². The number of aromatic nitrogens is 1. The lowest BCUT2D eigenvalue weighted by atomic mass is 10.2. The summed E-state index contributed by atoms with van der Waals surface area (Å²) in [6, 6.07) is -0.418. The zero-order valence-electron chi connectivity index (χ0n) is 9.84. The topological polar surface area (TPSA) is 112 Å². The Balaban J connectivity index is 2.16. The molecule has 1 unspecified atom stereocenters. The third kappa shape index (κ3) is 5.11. The van der Waals surface area contributed by atoms with Gasteiger partial charge in [0.25, 0.3) is 0 Å². The van der Waals surface area contributed by atoms with Crippen molar-refractivity contribution in [2.24, 2.45) is 0 Å². The minimum Gasteiger partial charge on any atom is -0.479 e. The van der Waals surface area contributed by atoms with E-state index < -0.39 is 18.1 Å². The second-order valence-corrected chi connectivity index (χ2v) is 4.67. The molecule has 7 nitrogen and oxygen atoms in total. The van der Waals surface area contributed by atoms with E-state index in [-0.39, 0.29) is 13.0 Å². The van der Waals surface area contributed by atoms with E-state index in [2.05, 4.69) is 15.6 Å². The standard InChI is InChI=1S/C10H15N3O4S/c1-6-13-7(5-18-6)4-12-10(17)11-3-2-8(14)9(15)16/h5,8,14H,2-4H2,1H3,(H,15,16)(H2,11,12,17). The van der Waals surface area contributed by atoms with E-state index in [0.29, 0.717) is 6.54 Å². The predicted molar refractivity (Wildman–Crippen MR) is 65.3 cm³/mol. The van der Waals surface area contributed by atoms with Crippen molar-refractivity contribution in [2.45, 2.75) is 26.0 Å². The fraction of sp³-hybridized carbons (Fsp3) is 0.500. The minimum absolute atomic E-state index is 0.0292. The van der Waals surface area contributed by atoms with E-state index in [0.717, 1.165) is 10.7 Å². The predicted octanol–water partition coefficient (Wildman–Crippen LogP) is 0.0863. The number of nitrogens with one attached hydrogen (secondary N) is 2. The largest absolute Gasteiger partial charge is 0.479 e. The number of hydrogen-bond acceptors (Lipinski definition) is 5. The van der Waals surface area contributed by atoms with Crippen molar-refractivity contribution >= 4 is 23.3 Å². The molecule has 0 aliphatic rings. The van der Waals surface area contributed by atoms with Crippen molar-refractivity contribution in [1.82, 2.24) is 15.6 Å². The van der Waals surface area contributed by atoms with Gasteiger partial charge in [-0.1, -0.05) is 0 Å². The molecule has 0 spiro atoms. The molecule has 1 aromatic heterocycles. The van der Waals surface area contributed by atoms with Crippen LogP contribution in [0.4, 0.5) is 4.79 Å². The van der Waals surface area contributed by atoms with Gasteiger partial charge in [0.05, 0.1) is 17.2 Å². The Kier molecular flexibility index (Phi) is 5.53. The van der Waals surface area contributed by atoms with Crippen molar-refractivity contribution in [3.8, 4) is 0 Å². The van der Waals surface area contributed by atoms with Gasteiger partial charge in [-0.05, 0) is 6.92 Å². The lowest BCUT2D eigenvalue weighted by molar-refractivity contribution is -0.146. The van der Waals surface area contributed by atoms with Crippen LogP contribution in [0.2, 0.25) is 0 Å². The first kappa shape index (κ1) is 14.4. The molecule has 1 aromatic rings. The average molecular weight is 273 g/mol. The number of carboxylic acid groups (broad SMARTS) is 1. The molecular weight excluding hydrogens is 258 g/mol. The van der Waals surface area contributed by atoms with Crippen LogP contribution in [0.25, 0.3) is 0 Å². The second-order valence-electron chi connectivity index (χ2n) is 3.61. The van der Waals surface area contributed by atoms with Crippen LogP contribution in [0.5, 0.6) is 0 Å². The van der Waals surface area contributed by atoms with Crippen molar-refractivity contribution in [2.75, 3.05) is 6.54 Å². The molecule has 100 valence electrons. The zero-order valence-corrected chi connectivity index (χ0v) is 10.7. The number of carboxylic acids is 1. The lowest BCUT2D eigenvalue weighted by Crippen LogP contribution is -2.37. The van der Waals surface area contributed by atoms with Crippen molar-refractivity contribution in [3.05, 3.63) is 16.1 Å². The quantitative estimate of drug-likeness (QED) is 0.587. The number of nitrogens with zero attached hydrogens (tertiary/aromatic N) is 1. The molecule has 1 atom stereocenters. The highest BCUT2D eigenvalue weighted by molar-refractivity contribution is 7.09. The van der Waals surface area contributed by atoms with Gasteiger partial charge in [-0.25, -0.2) is 14.6 Å². The molecule has 0 fully saturated rings. The van der Waals surface area contributed by atoms with Crippen molar-refractivity contribution in [1.29, 1.82) is 0 Å². The van der Waals surface area contributed by atoms with E-state index >= 15 is 0 Å². The number of urea groups is 1. The Hall–Kier alpha value is -1.67. The first-order chi connectivity index (χ1) is 8.49. The van der Waals surface area contributed by atoms with Crippen molar-refractivity contribution < 1.29 is 19.8 Å². The highest BCUT2D eigenvalue weighted by Gasteiger charge is 2.12. The highest BCUT2D eigenvalue weighted by atomic mass is 32.1. The van der Waals surface area contributed by atoms with Gasteiger partial charge in [0, 0.05) is 18.3 Å². The van der Waals surface area contributed by atoms with Gasteiger partial charge in [0.1, 0.15) is 0 Å². The maximum atomic E-state index is 11.3. The van der Waals surface area contributed by atoms with Gasteiger partial charge in [-0.3, -0.25) is 0 Å². The number of aliphatic carboxylic acids is 1. The van der Waals surface area contributed by atoms with Gasteiger partial charge < -0.3 is 20.8 Å². The number of thiazole rings is 1. The molecular formula is C10H15N3O4S. The molecule has 2 amide bonds. The summed E-state index contributed by atoms with van der Waals surface area (Å²) in [5.74, 6) is -1.30. The summed E-state index contributed by atoms with van der Waals surface area (Å²) in [4.78, 5) is 25.8.